The maximum absolute atomic E-state index is 8.61. The van der Waals surface area contributed by atoms with Crippen LogP contribution in [0.4, 0.5) is 0 Å². The van der Waals surface area contributed by atoms with Crippen molar-refractivity contribution in [1.29, 1.82) is 5.26 Å². The fourth-order valence-corrected chi connectivity index (χ4v) is 2.19. The van der Waals surface area contributed by atoms with Gasteiger partial charge in [0.25, 0.3) is 0 Å². The Kier molecular flexibility index (Phi) is 5.71. The van der Waals surface area contributed by atoms with Gasteiger partial charge >= 0.3 is 0 Å². The minimum atomic E-state index is 0.631. The van der Waals surface area contributed by atoms with E-state index in [4.69, 9.17) is 10.00 Å². The molecule has 0 bridgehead atoms. The van der Waals surface area contributed by atoms with Crippen LogP contribution in [0.25, 0.3) is 0 Å². The highest BCUT2D eigenvalue weighted by Crippen LogP contribution is 2.28. The normalized spacial score (nSPS) is 10.2. The zero-order valence-corrected chi connectivity index (χ0v) is 12.0. The van der Waals surface area contributed by atoms with Gasteiger partial charge in [0, 0.05) is 6.42 Å². The topological polar surface area (TPSA) is 33.0 Å². The van der Waals surface area contributed by atoms with Crippen molar-refractivity contribution in [2.24, 2.45) is 0 Å². The molecule has 1 rings (SSSR count). The quantitative estimate of drug-likeness (QED) is 0.702. The summed E-state index contributed by atoms with van der Waals surface area (Å²) >= 11 is 0. The Morgan fingerprint density at radius 3 is 2.56 bits per heavy atom. The molecule has 1 aromatic carbocycles. The molecule has 0 radical (unpaired) electrons. The molecule has 0 aliphatic heterocycles. The summed E-state index contributed by atoms with van der Waals surface area (Å²) in [6, 6.07) is 4.34. The van der Waals surface area contributed by atoms with Crippen molar-refractivity contribution in [3.05, 3.63) is 28.3 Å². The van der Waals surface area contributed by atoms with Crippen LogP contribution in [-0.4, -0.2) is 6.61 Å². The molecule has 0 aliphatic rings. The van der Waals surface area contributed by atoms with E-state index in [0.29, 0.717) is 6.42 Å². The number of ether oxygens (including phenoxy) is 1. The van der Waals surface area contributed by atoms with Gasteiger partial charge in [-0.15, -0.1) is 0 Å². The molecule has 98 valence electrons. The van der Waals surface area contributed by atoms with E-state index in [1.807, 2.05) is 0 Å². The Bertz CT molecular complexity index is 443. The van der Waals surface area contributed by atoms with Crippen molar-refractivity contribution in [1.82, 2.24) is 0 Å². The van der Waals surface area contributed by atoms with Crippen LogP contribution in [0.15, 0.2) is 6.07 Å². The summed E-state index contributed by atoms with van der Waals surface area (Å²) < 4.78 is 5.78. The van der Waals surface area contributed by atoms with Gasteiger partial charge in [-0.05, 0) is 68.4 Å². The average Bonchev–Trinajstić information content (AvgIpc) is 2.36. The van der Waals surface area contributed by atoms with Gasteiger partial charge in [-0.1, -0.05) is 6.92 Å². The van der Waals surface area contributed by atoms with E-state index in [-0.39, 0.29) is 0 Å². The Morgan fingerprint density at radius 2 is 1.94 bits per heavy atom. The molecular formula is C16H23NO. The molecule has 0 heterocycles. The highest BCUT2D eigenvalue weighted by molar-refractivity contribution is 5.48. The Balaban J connectivity index is 2.94. The molecule has 0 saturated carbocycles. The number of nitrogens with zero attached hydrogens (tertiary/aromatic N) is 1. The third-order valence-corrected chi connectivity index (χ3v) is 3.39. The highest BCUT2D eigenvalue weighted by Gasteiger charge is 2.10. The lowest BCUT2D eigenvalue weighted by Gasteiger charge is -2.17. The molecule has 0 fully saturated rings. The molecule has 0 spiro atoms. The first-order valence-corrected chi connectivity index (χ1v) is 6.71. The minimum absolute atomic E-state index is 0.631. The van der Waals surface area contributed by atoms with Crippen LogP contribution >= 0.6 is 0 Å². The predicted molar refractivity (Wildman–Crippen MR) is 75.0 cm³/mol. The van der Waals surface area contributed by atoms with Crippen molar-refractivity contribution >= 4 is 0 Å². The Morgan fingerprint density at radius 1 is 1.22 bits per heavy atom. The summed E-state index contributed by atoms with van der Waals surface area (Å²) in [6.45, 7) is 9.29. The number of hydrogen-bond donors (Lipinski definition) is 0. The second kappa shape index (κ2) is 7.06. The van der Waals surface area contributed by atoms with Crippen LogP contribution in [0, 0.1) is 32.1 Å². The van der Waals surface area contributed by atoms with E-state index >= 15 is 0 Å². The van der Waals surface area contributed by atoms with Gasteiger partial charge in [0.05, 0.1) is 12.7 Å². The summed E-state index contributed by atoms with van der Waals surface area (Å²) in [5.41, 5.74) is 5.22. The number of rotatable bonds is 6. The highest BCUT2D eigenvalue weighted by atomic mass is 16.5. The van der Waals surface area contributed by atoms with Crippen LogP contribution in [-0.2, 0) is 6.42 Å². The number of hydrogen-bond acceptors (Lipinski definition) is 2. The number of aryl methyl sites for hydroxylation is 1. The van der Waals surface area contributed by atoms with Gasteiger partial charge in [0.2, 0.25) is 0 Å². The first-order chi connectivity index (χ1) is 8.61. The third kappa shape index (κ3) is 3.50. The summed E-state index contributed by atoms with van der Waals surface area (Å²) in [4.78, 5) is 0. The van der Waals surface area contributed by atoms with E-state index in [1.165, 1.54) is 22.3 Å². The molecule has 0 aliphatic carbocycles. The predicted octanol–water partition coefficient (Wildman–Crippen LogP) is 4.25. The number of nitriles is 1. The lowest BCUT2D eigenvalue weighted by atomic mass is 9.94. The molecule has 0 aromatic heterocycles. The average molecular weight is 245 g/mol. The second-order valence-electron chi connectivity index (χ2n) is 4.78. The van der Waals surface area contributed by atoms with E-state index in [0.717, 1.165) is 31.6 Å². The van der Waals surface area contributed by atoms with E-state index < -0.39 is 0 Å². The van der Waals surface area contributed by atoms with Crippen LogP contribution in [0.5, 0.6) is 5.75 Å². The largest absolute Gasteiger partial charge is 0.493 e. The molecule has 0 amide bonds. The monoisotopic (exact) mass is 245 g/mol. The summed E-state index contributed by atoms with van der Waals surface area (Å²) in [5, 5.41) is 8.61. The van der Waals surface area contributed by atoms with Gasteiger partial charge in [-0.2, -0.15) is 5.26 Å². The van der Waals surface area contributed by atoms with E-state index in [2.05, 4.69) is 39.8 Å². The molecule has 2 heteroatoms. The fourth-order valence-electron chi connectivity index (χ4n) is 2.19. The minimum Gasteiger partial charge on any atom is -0.493 e. The van der Waals surface area contributed by atoms with Gasteiger partial charge in [-0.3, -0.25) is 0 Å². The fraction of sp³-hybridized carbons (Fsp3) is 0.562. The molecule has 0 N–H and O–H groups in total. The van der Waals surface area contributed by atoms with Crippen LogP contribution < -0.4 is 4.74 Å². The van der Waals surface area contributed by atoms with Crippen molar-refractivity contribution < 1.29 is 4.74 Å². The van der Waals surface area contributed by atoms with Gasteiger partial charge < -0.3 is 4.74 Å². The van der Waals surface area contributed by atoms with Crippen LogP contribution in [0.3, 0.4) is 0 Å². The smallest absolute Gasteiger partial charge is 0.122 e. The number of benzene rings is 1. The van der Waals surface area contributed by atoms with Crippen molar-refractivity contribution in [3.63, 3.8) is 0 Å². The Hall–Kier alpha value is -1.49. The molecule has 0 unspecified atom stereocenters. The maximum Gasteiger partial charge on any atom is 0.122 e. The van der Waals surface area contributed by atoms with Crippen molar-refractivity contribution in [2.45, 2.75) is 53.4 Å². The lowest BCUT2D eigenvalue weighted by Crippen LogP contribution is -2.03. The second-order valence-corrected chi connectivity index (χ2v) is 4.78. The van der Waals surface area contributed by atoms with Gasteiger partial charge in [-0.25, -0.2) is 0 Å². The number of unbranched alkanes of at least 4 members (excludes halogenated alkanes) is 1. The van der Waals surface area contributed by atoms with Crippen molar-refractivity contribution in [2.75, 3.05) is 6.61 Å². The SMILES string of the molecule is CCCOc1cc(C)c(CCCC#N)c(C)c1C. The maximum atomic E-state index is 8.61. The van der Waals surface area contributed by atoms with E-state index in [1.54, 1.807) is 0 Å². The lowest BCUT2D eigenvalue weighted by molar-refractivity contribution is 0.314. The zero-order chi connectivity index (χ0) is 13.5. The van der Waals surface area contributed by atoms with Crippen molar-refractivity contribution in [3.8, 4) is 11.8 Å². The Labute approximate surface area is 111 Å². The van der Waals surface area contributed by atoms with Gasteiger partial charge in [0.1, 0.15) is 5.75 Å². The summed E-state index contributed by atoms with van der Waals surface area (Å²) in [6.07, 6.45) is 3.58. The van der Waals surface area contributed by atoms with Crippen LogP contribution in [0.1, 0.15) is 48.4 Å². The first kappa shape index (κ1) is 14.6. The first-order valence-electron chi connectivity index (χ1n) is 6.71. The molecule has 18 heavy (non-hydrogen) atoms. The van der Waals surface area contributed by atoms with Crippen LogP contribution in [0.2, 0.25) is 0 Å². The molecular weight excluding hydrogens is 222 g/mol. The molecule has 0 atom stereocenters. The van der Waals surface area contributed by atoms with Gasteiger partial charge in [0.15, 0.2) is 0 Å². The molecule has 2 nitrogen and oxygen atoms in total. The zero-order valence-electron chi connectivity index (χ0n) is 12.0. The third-order valence-electron chi connectivity index (χ3n) is 3.39. The van der Waals surface area contributed by atoms with E-state index in [9.17, 15) is 0 Å². The summed E-state index contributed by atoms with van der Waals surface area (Å²) in [7, 11) is 0. The molecule has 0 saturated heterocycles. The summed E-state index contributed by atoms with van der Waals surface area (Å²) in [5.74, 6) is 1.01. The standard InChI is InChI=1S/C16H23NO/c1-5-10-18-16-11-12(2)15(8-6-7-9-17)13(3)14(16)4/h11H,5-8,10H2,1-4H3. The molecule has 1 aromatic rings.